The van der Waals surface area contributed by atoms with E-state index in [0.717, 1.165) is 31.7 Å². The Hall–Kier alpha value is -2.47. The van der Waals surface area contributed by atoms with Crippen molar-refractivity contribution >= 4 is 11.7 Å². The normalized spacial score (nSPS) is 17.2. The van der Waals surface area contributed by atoms with Crippen LogP contribution in [0.2, 0.25) is 0 Å². The van der Waals surface area contributed by atoms with Crippen LogP contribution in [0.1, 0.15) is 40.7 Å². The zero-order valence-corrected chi connectivity index (χ0v) is 16.4. The molecule has 144 valence electrons. The number of carbonyl (C=O) groups is 2. The first-order valence-corrected chi connectivity index (χ1v) is 9.52. The first kappa shape index (κ1) is 19.3. The van der Waals surface area contributed by atoms with Gasteiger partial charge in [0.15, 0.2) is 5.78 Å². The van der Waals surface area contributed by atoms with Gasteiger partial charge in [-0.1, -0.05) is 30.3 Å². The molecule has 1 amide bonds. The molecular weight excluding hydrogens is 340 g/mol. The molecule has 27 heavy (non-hydrogen) atoms. The predicted octanol–water partition coefficient (Wildman–Crippen LogP) is 2.34. The molecular formula is C21H28N4O2. The predicted molar refractivity (Wildman–Crippen MR) is 105 cm³/mol. The van der Waals surface area contributed by atoms with Crippen molar-refractivity contribution in [3.05, 3.63) is 52.8 Å². The average Bonchev–Trinajstić information content (AvgIpc) is 3.18. The van der Waals surface area contributed by atoms with Gasteiger partial charge in [-0.05, 0) is 45.2 Å². The summed E-state index contributed by atoms with van der Waals surface area (Å²) in [4.78, 5) is 26.4. The van der Waals surface area contributed by atoms with E-state index in [4.69, 9.17) is 0 Å². The summed E-state index contributed by atoms with van der Waals surface area (Å²) in [6, 6.07) is 10.5. The molecule has 1 atom stereocenters. The highest BCUT2D eigenvalue weighted by molar-refractivity contribution is 5.96. The fourth-order valence-electron chi connectivity index (χ4n) is 3.88. The van der Waals surface area contributed by atoms with Crippen molar-refractivity contribution in [2.75, 3.05) is 19.6 Å². The number of Topliss-reactive ketones (excluding diaryl/α,β-unsaturated/α-hetero) is 1. The number of likely N-dealkylation sites (tertiary alicyclic amines) is 1. The number of amides is 1. The van der Waals surface area contributed by atoms with E-state index in [0.29, 0.717) is 23.7 Å². The van der Waals surface area contributed by atoms with Gasteiger partial charge in [-0.2, -0.15) is 5.10 Å². The van der Waals surface area contributed by atoms with Gasteiger partial charge in [-0.15, -0.1) is 0 Å². The molecule has 0 aliphatic carbocycles. The minimum atomic E-state index is -0.0581. The third kappa shape index (κ3) is 4.83. The molecule has 0 saturated carbocycles. The lowest BCUT2D eigenvalue weighted by atomic mass is 10.1. The number of ketones is 1. The zero-order valence-electron chi connectivity index (χ0n) is 16.4. The molecule has 2 heterocycles. The molecule has 0 spiro atoms. The Balaban J connectivity index is 1.46. The fourth-order valence-corrected chi connectivity index (χ4v) is 3.88. The summed E-state index contributed by atoms with van der Waals surface area (Å²) in [5.41, 5.74) is 3.38. The molecule has 1 aromatic heterocycles. The maximum absolute atomic E-state index is 12.3. The summed E-state index contributed by atoms with van der Waals surface area (Å²) < 4.78 is 1.62. The van der Waals surface area contributed by atoms with Crippen LogP contribution in [0.15, 0.2) is 30.3 Å². The SMILES string of the molecule is CC(=O)c1c(C)nn(CC(=O)NCC2CCN(Cc3ccccc3)C2)c1C. The van der Waals surface area contributed by atoms with Crippen LogP contribution in [0.5, 0.6) is 0 Å². The summed E-state index contributed by atoms with van der Waals surface area (Å²) in [7, 11) is 0. The van der Waals surface area contributed by atoms with Gasteiger partial charge in [0.05, 0.1) is 11.3 Å². The van der Waals surface area contributed by atoms with Gasteiger partial charge in [-0.3, -0.25) is 19.2 Å². The van der Waals surface area contributed by atoms with Gasteiger partial charge in [0.2, 0.25) is 5.91 Å². The summed E-state index contributed by atoms with van der Waals surface area (Å²) in [6.07, 6.45) is 1.10. The highest BCUT2D eigenvalue weighted by Gasteiger charge is 2.23. The van der Waals surface area contributed by atoms with Crippen molar-refractivity contribution in [2.24, 2.45) is 5.92 Å². The second-order valence-electron chi connectivity index (χ2n) is 7.44. The average molecular weight is 368 g/mol. The van der Waals surface area contributed by atoms with E-state index in [9.17, 15) is 9.59 Å². The van der Waals surface area contributed by atoms with Gasteiger partial charge < -0.3 is 5.32 Å². The number of aromatic nitrogens is 2. The molecule has 1 fully saturated rings. The summed E-state index contributed by atoms with van der Waals surface area (Å²) >= 11 is 0. The Bertz CT molecular complexity index is 813. The Labute approximate surface area is 160 Å². The lowest BCUT2D eigenvalue weighted by Gasteiger charge is -2.16. The molecule has 2 aromatic rings. The topological polar surface area (TPSA) is 67.2 Å². The Morgan fingerprint density at radius 3 is 2.63 bits per heavy atom. The molecule has 1 saturated heterocycles. The molecule has 6 heteroatoms. The van der Waals surface area contributed by atoms with E-state index in [1.54, 1.807) is 11.6 Å². The van der Waals surface area contributed by atoms with Crippen molar-refractivity contribution in [1.82, 2.24) is 20.0 Å². The number of hydrogen-bond acceptors (Lipinski definition) is 4. The fraction of sp³-hybridized carbons (Fsp3) is 0.476. The minimum Gasteiger partial charge on any atom is -0.354 e. The largest absolute Gasteiger partial charge is 0.354 e. The summed E-state index contributed by atoms with van der Waals surface area (Å²) in [6.45, 7) is 9.04. The Kier molecular flexibility index (Phi) is 6.06. The third-order valence-electron chi connectivity index (χ3n) is 5.23. The van der Waals surface area contributed by atoms with Crippen molar-refractivity contribution in [1.29, 1.82) is 0 Å². The third-order valence-corrected chi connectivity index (χ3v) is 5.23. The number of hydrogen-bond donors (Lipinski definition) is 1. The van der Waals surface area contributed by atoms with Gasteiger partial charge >= 0.3 is 0 Å². The molecule has 1 unspecified atom stereocenters. The zero-order chi connectivity index (χ0) is 19.4. The first-order chi connectivity index (χ1) is 12.9. The van der Waals surface area contributed by atoms with E-state index >= 15 is 0 Å². The molecule has 0 radical (unpaired) electrons. The number of nitrogens with one attached hydrogen (secondary N) is 1. The van der Waals surface area contributed by atoms with Crippen LogP contribution in [-0.2, 0) is 17.9 Å². The molecule has 0 bridgehead atoms. The van der Waals surface area contributed by atoms with E-state index in [-0.39, 0.29) is 18.2 Å². The maximum Gasteiger partial charge on any atom is 0.241 e. The number of benzene rings is 1. The number of carbonyl (C=O) groups excluding carboxylic acids is 2. The number of aryl methyl sites for hydroxylation is 1. The lowest BCUT2D eigenvalue weighted by Crippen LogP contribution is -2.33. The highest BCUT2D eigenvalue weighted by atomic mass is 16.2. The second kappa shape index (κ2) is 8.48. The van der Waals surface area contributed by atoms with Crippen molar-refractivity contribution in [2.45, 2.75) is 40.3 Å². The van der Waals surface area contributed by atoms with Crippen LogP contribution in [0, 0.1) is 19.8 Å². The van der Waals surface area contributed by atoms with Gasteiger partial charge in [0.25, 0.3) is 0 Å². The van der Waals surface area contributed by atoms with Crippen LogP contribution in [0.4, 0.5) is 0 Å². The van der Waals surface area contributed by atoms with E-state index < -0.39 is 0 Å². The molecule has 6 nitrogen and oxygen atoms in total. The minimum absolute atomic E-state index is 0.0129. The molecule has 3 rings (SSSR count). The molecule has 1 aliphatic rings. The molecule has 1 N–H and O–H groups in total. The Morgan fingerprint density at radius 1 is 1.22 bits per heavy atom. The summed E-state index contributed by atoms with van der Waals surface area (Å²) in [5.74, 6) is 0.407. The summed E-state index contributed by atoms with van der Waals surface area (Å²) in [5, 5.41) is 7.37. The van der Waals surface area contributed by atoms with E-state index in [2.05, 4.69) is 39.6 Å². The van der Waals surface area contributed by atoms with E-state index in [1.807, 2.05) is 13.0 Å². The van der Waals surface area contributed by atoms with Gasteiger partial charge in [0, 0.05) is 25.3 Å². The number of rotatable bonds is 7. The van der Waals surface area contributed by atoms with Crippen molar-refractivity contribution in [3.63, 3.8) is 0 Å². The monoisotopic (exact) mass is 368 g/mol. The smallest absolute Gasteiger partial charge is 0.241 e. The first-order valence-electron chi connectivity index (χ1n) is 9.52. The standard InChI is InChI=1S/C21H28N4O2/c1-15-21(17(3)26)16(2)25(23-15)14-20(27)22-11-19-9-10-24(13-19)12-18-7-5-4-6-8-18/h4-8,19H,9-14H2,1-3H3,(H,22,27). The van der Waals surface area contributed by atoms with Crippen molar-refractivity contribution in [3.8, 4) is 0 Å². The van der Waals surface area contributed by atoms with Crippen LogP contribution in [0.3, 0.4) is 0 Å². The van der Waals surface area contributed by atoms with Crippen LogP contribution < -0.4 is 5.32 Å². The lowest BCUT2D eigenvalue weighted by molar-refractivity contribution is -0.122. The maximum atomic E-state index is 12.3. The van der Waals surface area contributed by atoms with Gasteiger partial charge in [0.1, 0.15) is 6.54 Å². The van der Waals surface area contributed by atoms with Crippen LogP contribution >= 0.6 is 0 Å². The van der Waals surface area contributed by atoms with Crippen LogP contribution in [-0.4, -0.2) is 46.0 Å². The molecule has 1 aromatic carbocycles. The van der Waals surface area contributed by atoms with Gasteiger partial charge in [-0.25, -0.2) is 0 Å². The van der Waals surface area contributed by atoms with Crippen LogP contribution in [0.25, 0.3) is 0 Å². The quantitative estimate of drug-likeness (QED) is 0.762. The molecule has 1 aliphatic heterocycles. The van der Waals surface area contributed by atoms with Crippen molar-refractivity contribution < 1.29 is 9.59 Å². The van der Waals surface area contributed by atoms with E-state index in [1.165, 1.54) is 12.5 Å². The number of nitrogens with zero attached hydrogens (tertiary/aromatic N) is 3. The second-order valence-corrected chi connectivity index (χ2v) is 7.44. The highest BCUT2D eigenvalue weighted by Crippen LogP contribution is 2.18. The Morgan fingerprint density at radius 2 is 1.96 bits per heavy atom.